The maximum absolute atomic E-state index is 12.4. The molecule has 0 saturated carbocycles. The first-order valence-corrected chi connectivity index (χ1v) is 8.61. The summed E-state index contributed by atoms with van der Waals surface area (Å²) in [6, 6.07) is 1.85. The molecule has 1 aromatic heterocycles. The van der Waals surface area contributed by atoms with Crippen molar-refractivity contribution in [1.82, 2.24) is 9.47 Å². The number of nitrogen functional groups attached to an aromatic ring is 1. The summed E-state index contributed by atoms with van der Waals surface area (Å²) in [4.78, 5) is 26.5. The summed E-state index contributed by atoms with van der Waals surface area (Å²) in [5, 5.41) is 0. The van der Waals surface area contributed by atoms with Gasteiger partial charge in [-0.15, -0.1) is 0 Å². The van der Waals surface area contributed by atoms with Crippen molar-refractivity contribution in [1.29, 1.82) is 0 Å². The monoisotopic (exact) mass is 383 g/mol. The van der Waals surface area contributed by atoms with Crippen molar-refractivity contribution >= 4 is 27.7 Å². The van der Waals surface area contributed by atoms with Crippen LogP contribution >= 0.6 is 15.9 Å². The number of amides is 1. The number of piperidine rings is 1. The molecule has 2 aliphatic rings. The van der Waals surface area contributed by atoms with Gasteiger partial charge in [0.15, 0.2) is 0 Å². The number of ether oxygens (including phenoxy) is 1. The van der Waals surface area contributed by atoms with E-state index in [0.29, 0.717) is 29.8 Å². The molecule has 6 nitrogen and oxygen atoms in total. The number of nitrogens with zero attached hydrogens (tertiary/aromatic N) is 2. The van der Waals surface area contributed by atoms with Crippen LogP contribution in [0.5, 0.6) is 0 Å². The molecule has 2 bridgehead atoms. The Labute approximate surface area is 143 Å². The Hall–Kier alpha value is -1.50. The number of nitrogens with two attached hydrogens (primary N) is 1. The molecule has 3 heterocycles. The number of aromatic nitrogens is 1. The van der Waals surface area contributed by atoms with Gasteiger partial charge in [0.05, 0.1) is 5.69 Å². The van der Waals surface area contributed by atoms with E-state index in [2.05, 4.69) is 15.9 Å². The number of fused-ring (bicyclic) bond motifs is 4. The van der Waals surface area contributed by atoms with Crippen LogP contribution < -0.4 is 11.3 Å². The number of anilines is 1. The first-order chi connectivity index (χ1) is 10.7. The first-order valence-electron chi connectivity index (χ1n) is 7.82. The number of halogens is 1. The van der Waals surface area contributed by atoms with Gasteiger partial charge in [0.2, 0.25) is 0 Å². The lowest BCUT2D eigenvalue weighted by Crippen LogP contribution is -2.50. The zero-order chi connectivity index (χ0) is 16.9. The molecule has 0 aliphatic carbocycles. The molecule has 3 rings (SSSR count). The van der Waals surface area contributed by atoms with Gasteiger partial charge < -0.3 is 19.9 Å². The molecular weight excluding hydrogens is 362 g/mol. The summed E-state index contributed by atoms with van der Waals surface area (Å²) < 4.78 is 7.70. The van der Waals surface area contributed by atoms with Crippen LogP contribution in [0, 0.1) is 5.92 Å². The van der Waals surface area contributed by atoms with Crippen molar-refractivity contribution in [3.63, 3.8) is 0 Å². The molecule has 1 saturated heterocycles. The van der Waals surface area contributed by atoms with E-state index in [0.717, 1.165) is 12.1 Å². The van der Waals surface area contributed by atoms with Gasteiger partial charge in [-0.25, -0.2) is 4.79 Å². The van der Waals surface area contributed by atoms with E-state index in [1.807, 2.05) is 26.8 Å². The third-order valence-corrected chi connectivity index (χ3v) is 5.15. The van der Waals surface area contributed by atoms with E-state index in [-0.39, 0.29) is 23.5 Å². The molecule has 23 heavy (non-hydrogen) atoms. The smallest absolute Gasteiger partial charge is 0.410 e. The Bertz CT molecular complexity index is 708. The minimum Gasteiger partial charge on any atom is -0.444 e. The van der Waals surface area contributed by atoms with Crippen LogP contribution in [0.15, 0.2) is 15.3 Å². The summed E-state index contributed by atoms with van der Waals surface area (Å²) in [7, 11) is 0. The Morgan fingerprint density at radius 2 is 2.04 bits per heavy atom. The van der Waals surface area contributed by atoms with Crippen LogP contribution in [-0.4, -0.2) is 34.3 Å². The van der Waals surface area contributed by atoms with Gasteiger partial charge in [-0.1, -0.05) is 0 Å². The van der Waals surface area contributed by atoms with Gasteiger partial charge in [-0.05, 0) is 55.1 Å². The second-order valence-electron chi connectivity index (χ2n) is 7.44. The SMILES string of the molecule is CC(C)(C)OC(=O)N1CC2C[C@@H](C1)c1cc(N)c(Br)c(=O)n1C2. The highest BCUT2D eigenvalue weighted by atomic mass is 79.9. The van der Waals surface area contributed by atoms with Gasteiger partial charge in [0, 0.05) is 31.2 Å². The standard InChI is InChI=1S/C16H22BrN3O3/c1-16(2,3)23-15(22)19-6-9-4-10(8-19)12-5-11(18)13(17)14(21)20(12)7-9/h5,9-10H,4,6-8,18H2,1-3H3/t9?,10-/m0/s1. The molecule has 0 spiro atoms. The summed E-state index contributed by atoms with van der Waals surface area (Å²) in [6.07, 6.45) is 0.688. The summed E-state index contributed by atoms with van der Waals surface area (Å²) in [5.74, 6) is 0.389. The highest BCUT2D eigenvalue weighted by molar-refractivity contribution is 9.10. The van der Waals surface area contributed by atoms with Crippen molar-refractivity contribution in [2.24, 2.45) is 5.92 Å². The van der Waals surface area contributed by atoms with Gasteiger partial charge >= 0.3 is 6.09 Å². The highest BCUT2D eigenvalue weighted by Gasteiger charge is 2.38. The molecule has 0 radical (unpaired) electrons. The highest BCUT2D eigenvalue weighted by Crippen LogP contribution is 2.37. The average molecular weight is 384 g/mol. The number of rotatable bonds is 0. The van der Waals surface area contributed by atoms with Gasteiger partial charge in [0.1, 0.15) is 10.1 Å². The van der Waals surface area contributed by atoms with Crippen LogP contribution in [0.4, 0.5) is 10.5 Å². The van der Waals surface area contributed by atoms with E-state index < -0.39 is 5.60 Å². The molecule has 1 unspecified atom stereocenters. The van der Waals surface area contributed by atoms with Crippen LogP contribution in [0.1, 0.15) is 38.8 Å². The number of likely N-dealkylation sites (tertiary alicyclic amines) is 1. The number of carbonyl (C=O) groups is 1. The lowest BCUT2D eigenvalue weighted by atomic mass is 9.83. The zero-order valence-electron chi connectivity index (χ0n) is 13.6. The van der Waals surface area contributed by atoms with Crippen molar-refractivity contribution < 1.29 is 9.53 Å². The zero-order valence-corrected chi connectivity index (χ0v) is 15.2. The number of hydrogen-bond donors (Lipinski definition) is 1. The molecule has 2 aliphatic heterocycles. The van der Waals surface area contributed by atoms with Gasteiger partial charge in [-0.3, -0.25) is 4.79 Å². The van der Waals surface area contributed by atoms with Crippen LogP contribution in [0.3, 0.4) is 0 Å². The predicted molar refractivity (Wildman–Crippen MR) is 91.5 cm³/mol. The Morgan fingerprint density at radius 3 is 2.70 bits per heavy atom. The maximum atomic E-state index is 12.4. The second-order valence-corrected chi connectivity index (χ2v) is 8.23. The number of hydrogen-bond acceptors (Lipinski definition) is 4. The minimum absolute atomic E-state index is 0.0829. The summed E-state index contributed by atoms with van der Waals surface area (Å²) >= 11 is 3.26. The molecule has 126 valence electrons. The molecule has 2 atom stereocenters. The molecule has 1 fully saturated rings. The molecule has 0 aromatic carbocycles. The van der Waals surface area contributed by atoms with Crippen molar-refractivity contribution in [2.45, 2.75) is 45.3 Å². The first kappa shape index (κ1) is 16.4. The van der Waals surface area contributed by atoms with Crippen molar-refractivity contribution in [3.8, 4) is 0 Å². The van der Waals surface area contributed by atoms with E-state index in [4.69, 9.17) is 10.5 Å². The number of carbonyl (C=O) groups excluding carboxylic acids is 1. The molecule has 7 heteroatoms. The van der Waals surface area contributed by atoms with E-state index in [9.17, 15) is 9.59 Å². The van der Waals surface area contributed by atoms with Crippen molar-refractivity contribution in [2.75, 3.05) is 18.8 Å². The molecule has 2 N–H and O–H groups in total. The van der Waals surface area contributed by atoms with Gasteiger partial charge in [-0.2, -0.15) is 0 Å². The lowest BCUT2D eigenvalue weighted by Gasteiger charge is -2.43. The van der Waals surface area contributed by atoms with E-state index in [1.54, 1.807) is 9.47 Å². The topological polar surface area (TPSA) is 77.6 Å². The third-order valence-electron chi connectivity index (χ3n) is 4.35. The van der Waals surface area contributed by atoms with Crippen LogP contribution in [0.25, 0.3) is 0 Å². The Morgan fingerprint density at radius 1 is 1.35 bits per heavy atom. The van der Waals surface area contributed by atoms with E-state index >= 15 is 0 Å². The molecular formula is C16H22BrN3O3. The maximum Gasteiger partial charge on any atom is 0.410 e. The number of pyridine rings is 1. The lowest BCUT2D eigenvalue weighted by molar-refractivity contribution is 0.0102. The largest absolute Gasteiger partial charge is 0.444 e. The quantitative estimate of drug-likeness (QED) is 0.746. The molecule has 1 amide bonds. The fourth-order valence-electron chi connectivity index (χ4n) is 3.47. The summed E-state index contributed by atoms with van der Waals surface area (Å²) in [6.45, 7) is 7.39. The minimum atomic E-state index is -0.506. The third kappa shape index (κ3) is 3.11. The van der Waals surface area contributed by atoms with Crippen LogP contribution in [0.2, 0.25) is 0 Å². The Balaban J connectivity index is 1.89. The van der Waals surface area contributed by atoms with Crippen LogP contribution in [-0.2, 0) is 11.3 Å². The molecule has 1 aromatic rings. The fourth-order valence-corrected chi connectivity index (χ4v) is 3.80. The summed E-state index contributed by atoms with van der Waals surface area (Å²) in [5.41, 5.74) is 6.71. The normalized spacial score (nSPS) is 23.4. The van der Waals surface area contributed by atoms with E-state index in [1.165, 1.54) is 0 Å². The Kier molecular flexibility index (Phi) is 3.94. The predicted octanol–water partition coefficient (Wildman–Crippen LogP) is 2.55. The van der Waals surface area contributed by atoms with Gasteiger partial charge in [0.25, 0.3) is 5.56 Å². The fraction of sp³-hybridized carbons (Fsp3) is 0.625. The second kappa shape index (κ2) is 5.54. The average Bonchev–Trinajstić information content (AvgIpc) is 2.44. The van der Waals surface area contributed by atoms with Crippen molar-refractivity contribution in [3.05, 3.63) is 26.6 Å².